The third kappa shape index (κ3) is 5.43. The van der Waals surface area contributed by atoms with Crippen LogP contribution < -0.4 is 10.1 Å². The van der Waals surface area contributed by atoms with Crippen molar-refractivity contribution < 1.29 is 19.2 Å². The average Bonchev–Trinajstić information content (AvgIpc) is 2.80. The van der Waals surface area contributed by atoms with E-state index >= 15 is 0 Å². The van der Waals surface area contributed by atoms with Gasteiger partial charge in [0.2, 0.25) is 0 Å². The topological polar surface area (TPSA) is 122 Å². The Morgan fingerprint density at radius 1 is 1.06 bits per heavy atom. The lowest BCUT2D eigenvalue weighted by atomic mass is 10.1. The number of hydrogen-bond acceptors (Lipinski definition) is 6. The largest absolute Gasteiger partial charge is 0.423 e. The van der Waals surface area contributed by atoms with E-state index in [1.165, 1.54) is 30.3 Å². The van der Waals surface area contributed by atoms with E-state index in [0.717, 1.165) is 0 Å². The Balaban J connectivity index is 1.74. The molecule has 0 saturated heterocycles. The van der Waals surface area contributed by atoms with Gasteiger partial charge in [-0.1, -0.05) is 36.4 Å². The quantitative estimate of drug-likeness (QED) is 0.152. The van der Waals surface area contributed by atoms with Gasteiger partial charge in [-0.15, -0.1) is 0 Å². The molecule has 0 bridgehead atoms. The van der Waals surface area contributed by atoms with Gasteiger partial charge in [-0.25, -0.2) is 4.79 Å². The molecule has 3 aromatic carbocycles. The molecule has 0 heterocycles. The summed E-state index contributed by atoms with van der Waals surface area (Å²) < 4.78 is 5.29. The van der Waals surface area contributed by atoms with Crippen LogP contribution in [0.15, 0.2) is 78.4 Å². The molecule has 32 heavy (non-hydrogen) atoms. The fraction of sp³-hybridized carbons (Fsp3) is 0.0417. The summed E-state index contributed by atoms with van der Waals surface area (Å²) in [6.45, 7) is 1.69. The Kier molecular flexibility index (Phi) is 6.73. The van der Waals surface area contributed by atoms with Gasteiger partial charge < -0.3 is 10.1 Å². The number of benzene rings is 3. The fourth-order valence-electron chi connectivity index (χ4n) is 2.78. The van der Waals surface area contributed by atoms with E-state index in [1.54, 1.807) is 61.5 Å². The van der Waals surface area contributed by atoms with Crippen LogP contribution in [-0.4, -0.2) is 16.8 Å². The number of nitro benzene ring substituents is 1. The van der Waals surface area contributed by atoms with Crippen LogP contribution in [0.2, 0.25) is 0 Å². The van der Waals surface area contributed by atoms with E-state index in [4.69, 9.17) is 4.74 Å². The minimum absolute atomic E-state index is 0.00470. The molecule has 8 heteroatoms. The van der Waals surface area contributed by atoms with Crippen molar-refractivity contribution in [2.24, 2.45) is 0 Å². The Morgan fingerprint density at radius 2 is 1.75 bits per heavy atom. The van der Waals surface area contributed by atoms with E-state index in [2.05, 4.69) is 5.32 Å². The van der Waals surface area contributed by atoms with Gasteiger partial charge in [0, 0.05) is 6.07 Å². The molecule has 3 rings (SSSR count). The molecule has 8 nitrogen and oxygen atoms in total. The van der Waals surface area contributed by atoms with Gasteiger partial charge in [0.1, 0.15) is 23.1 Å². The highest BCUT2D eigenvalue weighted by Crippen LogP contribution is 2.26. The maximum absolute atomic E-state index is 12.5. The number of nitrogens with one attached hydrogen (secondary N) is 1. The summed E-state index contributed by atoms with van der Waals surface area (Å²) in [7, 11) is 0. The van der Waals surface area contributed by atoms with Crippen molar-refractivity contribution in [1.29, 1.82) is 5.26 Å². The lowest BCUT2D eigenvalue weighted by Crippen LogP contribution is -2.14. The van der Waals surface area contributed by atoms with E-state index in [9.17, 15) is 25.0 Å². The number of nitrogens with zero attached hydrogens (tertiary/aromatic N) is 2. The first-order valence-electron chi connectivity index (χ1n) is 9.43. The van der Waals surface area contributed by atoms with Gasteiger partial charge >= 0.3 is 5.97 Å². The number of nitriles is 1. The minimum Gasteiger partial charge on any atom is -0.423 e. The van der Waals surface area contributed by atoms with E-state index in [0.29, 0.717) is 22.4 Å². The highest BCUT2D eigenvalue weighted by atomic mass is 16.6. The molecule has 0 atom stereocenters. The molecule has 0 aliphatic rings. The molecule has 0 spiro atoms. The number of carbonyl (C=O) groups excluding carboxylic acids is 2. The first-order chi connectivity index (χ1) is 15.4. The summed E-state index contributed by atoms with van der Waals surface area (Å²) >= 11 is 0. The molecule has 1 N–H and O–H groups in total. The zero-order valence-electron chi connectivity index (χ0n) is 16.9. The minimum atomic E-state index is -0.779. The highest BCUT2D eigenvalue weighted by molar-refractivity contribution is 6.10. The van der Waals surface area contributed by atoms with E-state index in [1.807, 2.05) is 0 Å². The second-order valence-corrected chi connectivity index (χ2v) is 6.73. The summed E-state index contributed by atoms with van der Waals surface area (Å²) in [6, 6.07) is 20.9. The molecular weight excluding hydrogens is 410 g/mol. The van der Waals surface area contributed by atoms with Crippen molar-refractivity contribution in [2.75, 3.05) is 5.32 Å². The molecule has 0 radical (unpaired) electrons. The van der Waals surface area contributed by atoms with Crippen LogP contribution in [0.5, 0.6) is 5.75 Å². The Hall–Kier alpha value is -4.77. The third-order valence-electron chi connectivity index (χ3n) is 4.37. The summed E-state index contributed by atoms with van der Waals surface area (Å²) in [5.74, 6) is -0.987. The zero-order valence-corrected chi connectivity index (χ0v) is 16.9. The van der Waals surface area contributed by atoms with Crippen LogP contribution in [0.4, 0.5) is 11.4 Å². The molecule has 0 unspecified atom stereocenters. The first-order valence-corrected chi connectivity index (χ1v) is 9.43. The predicted molar refractivity (Wildman–Crippen MR) is 118 cm³/mol. The molecular formula is C24H17N3O5. The smallest absolute Gasteiger partial charge is 0.343 e. The van der Waals surface area contributed by atoms with Crippen molar-refractivity contribution in [3.8, 4) is 11.8 Å². The standard InChI is InChI=1S/C24H17N3O5/c1-16-7-12-21(22(13-16)27(30)31)26-23(28)19(15-25)14-17-8-10-20(11-9-17)32-24(29)18-5-3-2-4-6-18/h2-14H,1H3,(H,26,28)/b19-14+. The number of amides is 1. The van der Waals surface area contributed by atoms with E-state index in [-0.39, 0.29) is 16.9 Å². The molecule has 158 valence electrons. The Labute approximate surface area is 183 Å². The molecule has 0 aromatic heterocycles. The van der Waals surface area contributed by atoms with Crippen LogP contribution in [0.25, 0.3) is 6.08 Å². The second-order valence-electron chi connectivity index (χ2n) is 6.73. The number of hydrogen-bond donors (Lipinski definition) is 1. The summed E-state index contributed by atoms with van der Waals surface area (Å²) in [5, 5.41) is 23.0. The number of esters is 1. The van der Waals surface area contributed by atoms with Gasteiger partial charge in [-0.2, -0.15) is 5.26 Å². The lowest BCUT2D eigenvalue weighted by Gasteiger charge is -2.07. The number of anilines is 1. The molecule has 1 amide bonds. The maximum atomic E-state index is 12.5. The van der Waals surface area contributed by atoms with Crippen molar-refractivity contribution in [3.05, 3.63) is 105 Å². The Morgan fingerprint density at radius 3 is 2.38 bits per heavy atom. The lowest BCUT2D eigenvalue weighted by molar-refractivity contribution is -0.384. The number of carbonyl (C=O) groups is 2. The molecule has 0 fully saturated rings. The van der Waals surface area contributed by atoms with Crippen molar-refractivity contribution in [1.82, 2.24) is 0 Å². The van der Waals surface area contributed by atoms with Crippen molar-refractivity contribution >= 4 is 29.3 Å². The van der Waals surface area contributed by atoms with Gasteiger partial charge in [-0.3, -0.25) is 14.9 Å². The number of rotatable bonds is 6. The zero-order chi connectivity index (χ0) is 23.1. The van der Waals surface area contributed by atoms with Crippen LogP contribution in [0.1, 0.15) is 21.5 Å². The van der Waals surface area contributed by atoms with Crippen LogP contribution in [0, 0.1) is 28.4 Å². The molecule has 0 aliphatic heterocycles. The second kappa shape index (κ2) is 9.82. The molecule has 3 aromatic rings. The summed E-state index contributed by atoms with van der Waals surface area (Å²) in [4.78, 5) is 35.2. The predicted octanol–water partition coefficient (Wildman–Crippen LogP) is 4.67. The van der Waals surface area contributed by atoms with Crippen LogP contribution in [0.3, 0.4) is 0 Å². The van der Waals surface area contributed by atoms with Crippen molar-refractivity contribution in [2.45, 2.75) is 6.92 Å². The normalized spacial score (nSPS) is 10.7. The van der Waals surface area contributed by atoms with Gasteiger partial charge in [0.15, 0.2) is 0 Å². The molecule has 0 aliphatic carbocycles. The number of ether oxygens (including phenoxy) is 1. The van der Waals surface area contributed by atoms with Gasteiger partial charge in [0.25, 0.3) is 11.6 Å². The van der Waals surface area contributed by atoms with E-state index < -0.39 is 16.8 Å². The summed E-state index contributed by atoms with van der Waals surface area (Å²) in [6.07, 6.45) is 1.33. The number of nitro groups is 1. The van der Waals surface area contributed by atoms with Crippen molar-refractivity contribution in [3.63, 3.8) is 0 Å². The highest BCUT2D eigenvalue weighted by Gasteiger charge is 2.18. The average molecular weight is 427 g/mol. The fourth-order valence-corrected chi connectivity index (χ4v) is 2.78. The number of aryl methyl sites for hydroxylation is 1. The van der Waals surface area contributed by atoms with Gasteiger partial charge in [-0.05, 0) is 54.5 Å². The van der Waals surface area contributed by atoms with Crippen LogP contribution in [-0.2, 0) is 4.79 Å². The molecule has 0 saturated carbocycles. The Bertz CT molecular complexity index is 1240. The monoisotopic (exact) mass is 427 g/mol. The third-order valence-corrected chi connectivity index (χ3v) is 4.37. The first kappa shape index (κ1) is 21.9. The summed E-state index contributed by atoms with van der Waals surface area (Å²) in [5.41, 5.74) is 1.07. The SMILES string of the molecule is Cc1ccc(NC(=O)/C(C#N)=C/c2ccc(OC(=O)c3ccccc3)cc2)c([N+](=O)[O-])c1. The van der Waals surface area contributed by atoms with Crippen LogP contribution >= 0.6 is 0 Å². The van der Waals surface area contributed by atoms with Gasteiger partial charge in [0.05, 0.1) is 10.5 Å². The maximum Gasteiger partial charge on any atom is 0.343 e.